The minimum Gasteiger partial charge on any atom is -0.352 e. The Morgan fingerprint density at radius 3 is 2.59 bits per heavy atom. The number of aromatic nitrogens is 2. The van der Waals surface area contributed by atoms with Crippen LogP contribution in [0.5, 0.6) is 0 Å². The summed E-state index contributed by atoms with van der Waals surface area (Å²) in [4.78, 5) is 41.3. The van der Waals surface area contributed by atoms with Crippen LogP contribution in [0.1, 0.15) is 59.3 Å². The predicted molar refractivity (Wildman–Crippen MR) is 140 cm³/mol. The average Bonchev–Trinajstić information content (AvgIpc) is 3.24. The molecule has 0 spiro atoms. The highest BCUT2D eigenvalue weighted by molar-refractivity contribution is 7.44. The van der Waals surface area contributed by atoms with E-state index in [0.29, 0.717) is 6.42 Å². The van der Waals surface area contributed by atoms with E-state index in [1.165, 1.54) is 22.9 Å². The molecule has 4 unspecified atom stereocenters. The molecule has 2 rings (SSSR count). The fourth-order valence-corrected chi connectivity index (χ4v) is 5.77. The van der Waals surface area contributed by atoms with Crippen LogP contribution in [0.25, 0.3) is 10.9 Å². The number of nitrogens with one attached hydrogen (secondary N) is 2. The molecule has 0 saturated carbocycles. The maximum Gasteiger partial charge on any atom is 0.471 e. The first-order valence-electron chi connectivity index (χ1n) is 12.5. The first kappa shape index (κ1) is 32.7. The van der Waals surface area contributed by atoms with Crippen LogP contribution in [0.4, 0.5) is 13.2 Å². The number of rotatable bonds is 13. The van der Waals surface area contributed by atoms with Crippen LogP contribution in [0, 0.1) is 6.57 Å². The third kappa shape index (κ3) is 9.25. The number of H-pyrrole nitrogens is 1. The van der Waals surface area contributed by atoms with Gasteiger partial charge in [0.25, 0.3) is 14.1 Å². The van der Waals surface area contributed by atoms with Gasteiger partial charge in [-0.2, -0.15) is 13.2 Å². The van der Waals surface area contributed by atoms with E-state index in [1.54, 1.807) is 5.32 Å². The van der Waals surface area contributed by atoms with Gasteiger partial charge in [0.05, 0.1) is 17.8 Å². The second kappa shape index (κ2) is 14.7. The van der Waals surface area contributed by atoms with Crippen molar-refractivity contribution in [3.8, 4) is 0 Å². The monoisotopic (exact) mass is 577 g/mol. The fraction of sp³-hybridized carbons (Fsp3) is 0.667. The van der Waals surface area contributed by atoms with Crippen LogP contribution >= 0.6 is 8.53 Å². The zero-order valence-corrected chi connectivity index (χ0v) is 23.4. The van der Waals surface area contributed by atoms with Crippen molar-refractivity contribution in [2.75, 3.05) is 19.7 Å². The minimum absolute atomic E-state index is 0.00704. The van der Waals surface area contributed by atoms with E-state index in [-0.39, 0.29) is 43.3 Å². The van der Waals surface area contributed by atoms with E-state index in [9.17, 15) is 27.6 Å². The van der Waals surface area contributed by atoms with E-state index in [1.807, 2.05) is 34.6 Å². The molecule has 1 fully saturated rings. The molecule has 1 amide bonds. The molecule has 1 saturated heterocycles. The second-order valence-electron chi connectivity index (χ2n) is 9.30. The quantitative estimate of drug-likeness (QED) is 0.209. The number of nitrogens with zero attached hydrogens (tertiary/aromatic N) is 3. The van der Waals surface area contributed by atoms with Gasteiger partial charge in [0.2, 0.25) is 6.54 Å². The molecule has 39 heavy (non-hydrogen) atoms. The Balaban J connectivity index is 2.24. The Hall–Kier alpha value is -2.56. The van der Waals surface area contributed by atoms with Crippen LogP contribution in [0.15, 0.2) is 21.9 Å². The molecule has 2 N–H and O–H groups in total. The van der Waals surface area contributed by atoms with Crippen molar-refractivity contribution in [2.24, 2.45) is 0 Å². The third-order valence-electron chi connectivity index (χ3n) is 5.70. The summed E-state index contributed by atoms with van der Waals surface area (Å²) in [5.41, 5.74) is -1.47. The lowest BCUT2D eigenvalue weighted by molar-refractivity contribution is -0.173. The molecule has 1 aromatic heterocycles. The summed E-state index contributed by atoms with van der Waals surface area (Å²) >= 11 is 0. The Kier molecular flexibility index (Phi) is 12.3. The summed E-state index contributed by atoms with van der Waals surface area (Å²) in [6, 6.07) is 0.193. The summed E-state index contributed by atoms with van der Waals surface area (Å²) in [5, 5.41) is 1.67. The van der Waals surface area contributed by atoms with E-state index in [2.05, 4.69) is 14.5 Å². The van der Waals surface area contributed by atoms with Crippen LogP contribution in [-0.2, 0) is 18.6 Å². The number of hydrogen-bond donors (Lipinski definition) is 2. The number of ether oxygens (including phenoxy) is 1. The lowest BCUT2D eigenvalue weighted by atomic mass is 10.1. The van der Waals surface area contributed by atoms with Crippen molar-refractivity contribution in [1.29, 1.82) is 0 Å². The minimum atomic E-state index is -5.02. The summed E-state index contributed by atoms with van der Waals surface area (Å²) in [6.07, 6.45) is -2.17. The van der Waals surface area contributed by atoms with Crippen LogP contribution in [0.3, 0.4) is 0 Å². The zero-order chi connectivity index (χ0) is 29.3. The van der Waals surface area contributed by atoms with Crippen molar-refractivity contribution in [3.05, 3.63) is 50.1 Å². The van der Waals surface area contributed by atoms with Gasteiger partial charge in [-0.25, -0.2) is 16.0 Å². The molecule has 4 atom stereocenters. The Morgan fingerprint density at radius 1 is 1.36 bits per heavy atom. The van der Waals surface area contributed by atoms with Gasteiger partial charge in [-0.15, -0.1) is 0 Å². The molecular weight excluding hydrogens is 542 g/mol. The third-order valence-corrected chi connectivity index (χ3v) is 7.86. The molecule has 15 heteroatoms. The van der Waals surface area contributed by atoms with Crippen LogP contribution < -0.4 is 16.6 Å². The summed E-state index contributed by atoms with van der Waals surface area (Å²) in [5.74, 6) is -2.10. The number of aromatic amines is 1. The van der Waals surface area contributed by atoms with Crippen LogP contribution in [-0.4, -0.2) is 70.3 Å². The molecule has 0 bridgehead atoms. The SMILES string of the molecule is [C-]#[N+]CCOP(OC1CC(n2cc(/C=C/CNC(=O)C(F)(F)F)c(=O)[nH]c2=O)OC1CC)N(C(C)C)C(C)C. The van der Waals surface area contributed by atoms with Gasteiger partial charge in [0.15, 0.2) is 0 Å². The number of amides is 1. The summed E-state index contributed by atoms with van der Waals surface area (Å²) in [6.45, 7) is 16.9. The molecule has 2 heterocycles. The van der Waals surface area contributed by atoms with Crippen molar-refractivity contribution >= 4 is 20.5 Å². The van der Waals surface area contributed by atoms with Gasteiger partial charge < -0.3 is 23.9 Å². The van der Waals surface area contributed by atoms with Crippen molar-refractivity contribution in [2.45, 2.75) is 84.2 Å². The zero-order valence-electron chi connectivity index (χ0n) is 22.5. The Bertz CT molecular complexity index is 1140. The van der Waals surface area contributed by atoms with Gasteiger partial charge in [-0.3, -0.25) is 19.1 Å². The molecule has 11 nitrogen and oxygen atoms in total. The largest absolute Gasteiger partial charge is 0.471 e. The average molecular weight is 578 g/mol. The van der Waals surface area contributed by atoms with Gasteiger partial charge in [-0.05, 0) is 34.1 Å². The van der Waals surface area contributed by atoms with E-state index in [0.717, 1.165) is 0 Å². The summed E-state index contributed by atoms with van der Waals surface area (Å²) in [7, 11) is -1.55. The normalized spacial score (nSPS) is 20.7. The lowest BCUT2D eigenvalue weighted by Gasteiger charge is -2.37. The number of hydrogen-bond acceptors (Lipinski definition) is 7. The topological polar surface area (TPSA) is 119 Å². The standard InChI is InChI=1S/C24H35F3N5O6P/c1-7-18-19(38-39(36-12-11-28-6)32(15(2)3)16(4)5)13-20(37-18)31-14-17(21(33)30-23(31)35)9-8-10-29-22(34)24(25,26)27/h8-9,14-16,18-20H,7,10-13H2,1-5H3,(H,29,34)(H,30,33,35)/b9-8+. The van der Waals surface area contributed by atoms with Gasteiger partial charge in [0.1, 0.15) is 12.8 Å². The molecule has 0 aromatic carbocycles. The first-order valence-corrected chi connectivity index (χ1v) is 13.7. The molecule has 218 valence electrons. The molecule has 0 radical (unpaired) electrons. The fourth-order valence-electron chi connectivity index (χ4n) is 4.02. The molecule has 1 aliphatic heterocycles. The Morgan fingerprint density at radius 2 is 2.03 bits per heavy atom. The van der Waals surface area contributed by atoms with Crippen molar-refractivity contribution < 1.29 is 31.8 Å². The molecule has 0 aliphatic carbocycles. The van der Waals surface area contributed by atoms with Crippen LogP contribution in [0.2, 0.25) is 0 Å². The number of halogens is 3. The Labute approximate surface area is 226 Å². The number of carbonyl (C=O) groups excluding carboxylic acids is 1. The lowest BCUT2D eigenvalue weighted by Crippen LogP contribution is -2.36. The number of carbonyl (C=O) groups is 1. The van der Waals surface area contributed by atoms with Gasteiger partial charge in [0, 0.05) is 31.2 Å². The van der Waals surface area contributed by atoms with Gasteiger partial charge >= 0.3 is 17.8 Å². The highest BCUT2D eigenvalue weighted by Gasteiger charge is 2.41. The van der Waals surface area contributed by atoms with E-state index in [4.69, 9.17) is 20.4 Å². The highest BCUT2D eigenvalue weighted by atomic mass is 31.2. The molecular formula is C24H35F3N5O6P. The predicted octanol–water partition coefficient (Wildman–Crippen LogP) is 3.59. The van der Waals surface area contributed by atoms with E-state index >= 15 is 0 Å². The smallest absolute Gasteiger partial charge is 0.352 e. The first-order chi connectivity index (χ1) is 18.3. The van der Waals surface area contributed by atoms with E-state index < -0.39 is 50.7 Å². The highest BCUT2D eigenvalue weighted by Crippen LogP contribution is 2.50. The maximum atomic E-state index is 12.6. The molecule has 1 aliphatic rings. The van der Waals surface area contributed by atoms with Crippen molar-refractivity contribution in [3.63, 3.8) is 0 Å². The number of alkyl halides is 3. The molecule has 1 aromatic rings. The summed E-state index contributed by atoms with van der Waals surface area (Å²) < 4.78 is 58.8. The van der Waals surface area contributed by atoms with Crippen molar-refractivity contribution in [1.82, 2.24) is 19.5 Å². The second-order valence-corrected chi connectivity index (χ2v) is 10.7. The maximum absolute atomic E-state index is 12.6. The van der Waals surface area contributed by atoms with Gasteiger partial charge in [-0.1, -0.05) is 19.1 Å².